The normalized spacial score (nSPS) is 26.6. The molecule has 6 nitrogen and oxygen atoms in total. The van der Waals surface area contributed by atoms with Gasteiger partial charge < -0.3 is 15.0 Å². The minimum atomic E-state index is 0.222. The lowest BCUT2D eigenvalue weighted by molar-refractivity contribution is 0.0981. The van der Waals surface area contributed by atoms with Gasteiger partial charge in [-0.2, -0.15) is 9.97 Å². The first-order valence-electron chi connectivity index (χ1n) is 7.21. The van der Waals surface area contributed by atoms with Crippen LogP contribution in [0.3, 0.4) is 0 Å². The smallest absolute Gasteiger partial charge is 0.245 e. The molecule has 2 unspecified atom stereocenters. The Morgan fingerprint density at radius 1 is 1.20 bits per heavy atom. The molecule has 0 bridgehead atoms. The SMILES string of the molecule is CNc1nc(OC2CC(C)CC(C)C2)c2[nH]cnc2n1. The van der Waals surface area contributed by atoms with Crippen molar-refractivity contribution in [3.05, 3.63) is 6.33 Å². The van der Waals surface area contributed by atoms with Crippen molar-refractivity contribution in [1.82, 2.24) is 19.9 Å². The van der Waals surface area contributed by atoms with E-state index in [-0.39, 0.29) is 6.10 Å². The summed E-state index contributed by atoms with van der Waals surface area (Å²) in [6, 6.07) is 0. The molecule has 1 fully saturated rings. The van der Waals surface area contributed by atoms with E-state index in [9.17, 15) is 0 Å². The summed E-state index contributed by atoms with van der Waals surface area (Å²) in [5.41, 5.74) is 1.41. The Labute approximate surface area is 118 Å². The number of rotatable bonds is 3. The first-order chi connectivity index (χ1) is 9.65. The fourth-order valence-corrected chi connectivity index (χ4v) is 3.13. The Bertz CT molecular complexity index is 586. The van der Waals surface area contributed by atoms with E-state index in [0.29, 0.717) is 29.3 Å². The number of aromatic nitrogens is 4. The highest BCUT2D eigenvalue weighted by molar-refractivity contribution is 5.76. The van der Waals surface area contributed by atoms with E-state index in [2.05, 4.69) is 39.1 Å². The van der Waals surface area contributed by atoms with Crippen LogP contribution < -0.4 is 10.1 Å². The molecule has 20 heavy (non-hydrogen) atoms. The molecule has 1 aliphatic rings. The van der Waals surface area contributed by atoms with Crippen molar-refractivity contribution in [2.75, 3.05) is 12.4 Å². The first kappa shape index (κ1) is 13.1. The van der Waals surface area contributed by atoms with Crippen LogP contribution in [0.4, 0.5) is 5.95 Å². The molecule has 0 radical (unpaired) electrons. The van der Waals surface area contributed by atoms with E-state index >= 15 is 0 Å². The Morgan fingerprint density at radius 2 is 1.95 bits per heavy atom. The van der Waals surface area contributed by atoms with E-state index < -0.39 is 0 Å². The number of hydrogen-bond donors (Lipinski definition) is 2. The molecule has 0 aromatic carbocycles. The number of nitrogens with zero attached hydrogens (tertiary/aromatic N) is 3. The zero-order chi connectivity index (χ0) is 14.1. The van der Waals surface area contributed by atoms with Gasteiger partial charge in [-0.05, 0) is 31.1 Å². The largest absolute Gasteiger partial charge is 0.473 e. The number of aromatic amines is 1. The predicted octanol–water partition coefficient (Wildman–Crippen LogP) is 2.60. The lowest BCUT2D eigenvalue weighted by Crippen LogP contribution is -2.29. The molecule has 2 aromatic rings. The molecule has 1 saturated carbocycles. The third-order valence-electron chi connectivity index (χ3n) is 3.89. The minimum absolute atomic E-state index is 0.222. The summed E-state index contributed by atoms with van der Waals surface area (Å²) in [4.78, 5) is 16.0. The molecule has 2 aromatic heterocycles. The standard InChI is InChI=1S/C14H21N5O/c1-8-4-9(2)6-10(5-8)20-13-11-12(17-7-16-11)18-14(15-3)19-13/h7-10H,4-6H2,1-3H3,(H2,15,16,17,18,19). The van der Waals surface area contributed by atoms with Gasteiger partial charge in [-0.25, -0.2) is 4.98 Å². The summed E-state index contributed by atoms with van der Waals surface area (Å²) in [6.07, 6.45) is 5.29. The highest BCUT2D eigenvalue weighted by Gasteiger charge is 2.26. The molecular formula is C14H21N5O. The lowest BCUT2D eigenvalue weighted by atomic mass is 9.82. The van der Waals surface area contributed by atoms with Crippen LogP contribution in [0.5, 0.6) is 5.88 Å². The Balaban J connectivity index is 1.87. The van der Waals surface area contributed by atoms with E-state index in [4.69, 9.17) is 4.74 Å². The van der Waals surface area contributed by atoms with E-state index in [0.717, 1.165) is 18.4 Å². The Hall–Kier alpha value is -1.85. The monoisotopic (exact) mass is 275 g/mol. The number of fused-ring (bicyclic) bond motifs is 1. The van der Waals surface area contributed by atoms with Gasteiger partial charge in [0.05, 0.1) is 6.33 Å². The molecule has 0 amide bonds. The van der Waals surface area contributed by atoms with E-state index in [1.807, 2.05) is 0 Å². The van der Waals surface area contributed by atoms with Gasteiger partial charge in [0.15, 0.2) is 5.65 Å². The van der Waals surface area contributed by atoms with Crippen molar-refractivity contribution >= 4 is 17.1 Å². The van der Waals surface area contributed by atoms with Crippen LogP contribution in [0.2, 0.25) is 0 Å². The molecule has 3 rings (SSSR count). The van der Waals surface area contributed by atoms with Gasteiger partial charge in [-0.1, -0.05) is 13.8 Å². The number of imidazole rings is 1. The number of anilines is 1. The predicted molar refractivity (Wildman–Crippen MR) is 77.8 cm³/mol. The second-order valence-corrected chi connectivity index (χ2v) is 5.86. The third kappa shape index (κ3) is 2.55. The molecule has 0 aliphatic heterocycles. The summed E-state index contributed by atoms with van der Waals surface area (Å²) in [6.45, 7) is 4.58. The summed E-state index contributed by atoms with van der Waals surface area (Å²) in [5, 5.41) is 2.95. The maximum absolute atomic E-state index is 6.15. The van der Waals surface area contributed by atoms with Crippen molar-refractivity contribution in [1.29, 1.82) is 0 Å². The molecule has 6 heteroatoms. The van der Waals surface area contributed by atoms with Crippen LogP contribution >= 0.6 is 0 Å². The van der Waals surface area contributed by atoms with Crippen LogP contribution in [-0.4, -0.2) is 33.1 Å². The second kappa shape index (κ2) is 5.26. The summed E-state index contributed by atoms with van der Waals surface area (Å²) in [5.74, 6) is 2.54. The van der Waals surface area contributed by atoms with Crippen molar-refractivity contribution in [3.63, 3.8) is 0 Å². The summed E-state index contributed by atoms with van der Waals surface area (Å²) >= 11 is 0. The average Bonchev–Trinajstić information content (AvgIpc) is 2.85. The van der Waals surface area contributed by atoms with Crippen LogP contribution in [0.15, 0.2) is 6.33 Å². The summed E-state index contributed by atoms with van der Waals surface area (Å²) in [7, 11) is 1.79. The zero-order valence-electron chi connectivity index (χ0n) is 12.2. The topological polar surface area (TPSA) is 75.7 Å². The highest BCUT2D eigenvalue weighted by atomic mass is 16.5. The molecule has 2 heterocycles. The van der Waals surface area contributed by atoms with Crippen molar-refractivity contribution in [2.45, 2.75) is 39.2 Å². The highest BCUT2D eigenvalue weighted by Crippen LogP contribution is 2.32. The lowest BCUT2D eigenvalue weighted by Gasteiger charge is -2.31. The van der Waals surface area contributed by atoms with Crippen LogP contribution in [-0.2, 0) is 0 Å². The van der Waals surface area contributed by atoms with Crippen LogP contribution in [0.25, 0.3) is 11.2 Å². The van der Waals surface area contributed by atoms with Crippen LogP contribution in [0.1, 0.15) is 33.1 Å². The third-order valence-corrected chi connectivity index (χ3v) is 3.89. The quantitative estimate of drug-likeness (QED) is 0.900. The van der Waals surface area contributed by atoms with Crippen molar-refractivity contribution in [2.24, 2.45) is 11.8 Å². The number of H-pyrrole nitrogens is 1. The first-order valence-corrected chi connectivity index (χ1v) is 7.21. The van der Waals surface area contributed by atoms with Gasteiger partial charge in [0, 0.05) is 7.05 Å². The molecule has 2 atom stereocenters. The Kier molecular flexibility index (Phi) is 3.46. The molecule has 0 spiro atoms. The summed E-state index contributed by atoms with van der Waals surface area (Å²) < 4.78 is 6.15. The van der Waals surface area contributed by atoms with Gasteiger partial charge >= 0.3 is 0 Å². The fraction of sp³-hybridized carbons (Fsp3) is 0.643. The second-order valence-electron chi connectivity index (χ2n) is 5.86. The minimum Gasteiger partial charge on any atom is -0.473 e. The zero-order valence-corrected chi connectivity index (χ0v) is 12.2. The Morgan fingerprint density at radius 3 is 2.65 bits per heavy atom. The number of hydrogen-bond acceptors (Lipinski definition) is 5. The van der Waals surface area contributed by atoms with E-state index in [1.165, 1.54) is 6.42 Å². The number of ether oxygens (including phenoxy) is 1. The van der Waals surface area contributed by atoms with Crippen molar-refractivity contribution < 1.29 is 4.74 Å². The van der Waals surface area contributed by atoms with Gasteiger partial charge in [-0.3, -0.25) is 0 Å². The maximum atomic E-state index is 6.15. The number of nitrogens with one attached hydrogen (secondary N) is 2. The maximum Gasteiger partial charge on any atom is 0.245 e. The fourth-order valence-electron chi connectivity index (χ4n) is 3.13. The molecule has 2 N–H and O–H groups in total. The van der Waals surface area contributed by atoms with E-state index in [1.54, 1.807) is 13.4 Å². The molecule has 108 valence electrons. The van der Waals surface area contributed by atoms with Gasteiger partial charge in [0.2, 0.25) is 11.8 Å². The average molecular weight is 275 g/mol. The molecular weight excluding hydrogens is 254 g/mol. The van der Waals surface area contributed by atoms with Gasteiger partial charge in [-0.15, -0.1) is 0 Å². The molecule has 0 saturated heterocycles. The molecule has 1 aliphatic carbocycles. The van der Waals surface area contributed by atoms with Gasteiger partial charge in [0.25, 0.3) is 0 Å². The van der Waals surface area contributed by atoms with Crippen LogP contribution in [0, 0.1) is 11.8 Å². The van der Waals surface area contributed by atoms with Gasteiger partial charge in [0.1, 0.15) is 11.6 Å². The van der Waals surface area contributed by atoms with Crippen molar-refractivity contribution in [3.8, 4) is 5.88 Å².